The van der Waals surface area contributed by atoms with Crippen LogP contribution in [0.4, 0.5) is 11.4 Å². The number of halogens is 1. The van der Waals surface area contributed by atoms with Crippen LogP contribution in [0.15, 0.2) is 82.5 Å². The van der Waals surface area contributed by atoms with E-state index >= 15 is 0 Å². The van der Waals surface area contributed by atoms with Gasteiger partial charge in [0.2, 0.25) is 5.69 Å². The summed E-state index contributed by atoms with van der Waals surface area (Å²) < 4.78 is 13.3. The van der Waals surface area contributed by atoms with Crippen molar-refractivity contribution in [2.24, 2.45) is 5.10 Å². The van der Waals surface area contributed by atoms with E-state index in [1.807, 2.05) is 24.3 Å². The zero-order valence-electron chi connectivity index (χ0n) is 20.9. The number of hydrazone groups is 1. The molecule has 3 aromatic carbocycles. The van der Waals surface area contributed by atoms with E-state index in [1.165, 1.54) is 48.5 Å². The third-order valence-corrected chi connectivity index (χ3v) is 6.07. The molecule has 0 aliphatic rings. The van der Waals surface area contributed by atoms with Crippen LogP contribution < -0.4 is 14.9 Å². The van der Waals surface area contributed by atoms with Crippen LogP contribution in [-0.2, 0) is 13.2 Å². The molecule has 4 aromatic rings. The smallest absolute Gasteiger partial charge is 0.320 e. The third kappa shape index (κ3) is 7.05. The van der Waals surface area contributed by atoms with E-state index in [0.29, 0.717) is 22.6 Å². The maximum atomic E-state index is 12.6. The molecule has 0 aliphatic carbocycles. The number of benzene rings is 3. The van der Waals surface area contributed by atoms with E-state index in [2.05, 4.69) is 31.6 Å². The number of carbonyl (C=O) groups is 1. The summed E-state index contributed by atoms with van der Waals surface area (Å²) in [4.78, 5) is 33.8. The Morgan fingerprint density at radius 2 is 1.80 bits per heavy atom. The average Bonchev–Trinajstić information content (AvgIpc) is 3.38. The summed E-state index contributed by atoms with van der Waals surface area (Å²) in [6.45, 7) is 0.381. The van der Waals surface area contributed by atoms with Gasteiger partial charge >= 0.3 is 5.69 Å². The van der Waals surface area contributed by atoms with Crippen LogP contribution in [0.5, 0.6) is 11.5 Å². The van der Waals surface area contributed by atoms with Crippen LogP contribution in [0.3, 0.4) is 0 Å². The summed E-state index contributed by atoms with van der Waals surface area (Å²) in [5.41, 5.74) is 3.55. The summed E-state index contributed by atoms with van der Waals surface area (Å²) in [5, 5.41) is 30.3. The van der Waals surface area contributed by atoms with E-state index in [1.54, 1.807) is 18.2 Å². The lowest BCUT2D eigenvalue weighted by atomic mass is 10.1. The topological polar surface area (TPSA) is 164 Å². The zero-order valence-corrected chi connectivity index (χ0v) is 22.5. The molecule has 0 fully saturated rings. The zero-order chi connectivity index (χ0) is 28.6. The van der Waals surface area contributed by atoms with E-state index in [-0.39, 0.29) is 24.5 Å². The van der Waals surface area contributed by atoms with Gasteiger partial charge in [-0.3, -0.25) is 29.7 Å². The van der Waals surface area contributed by atoms with Crippen molar-refractivity contribution in [1.82, 2.24) is 15.2 Å². The summed E-state index contributed by atoms with van der Waals surface area (Å²) in [5.74, 6) is 0.103. The Morgan fingerprint density at radius 3 is 2.45 bits per heavy atom. The van der Waals surface area contributed by atoms with Gasteiger partial charge in [-0.15, -0.1) is 0 Å². The lowest BCUT2D eigenvalue weighted by Gasteiger charge is -2.11. The molecule has 0 saturated carbocycles. The standard InChI is InChI=1S/C26H21BrN6O7/c1-39-24-12-18(2-5-19(24)16-40-22-10-8-21(9-11-22)32(35)36)13-28-29-26(34)25-23(33(37)38)15-31(30-25)14-17-3-6-20(27)7-4-17/h2-13,15H,14,16H2,1H3,(H,29,34). The Hall–Kier alpha value is -5.11. The van der Waals surface area contributed by atoms with E-state index in [9.17, 15) is 25.0 Å². The minimum Gasteiger partial charge on any atom is -0.496 e. The van der Waals surface area contributed by atoms with Crippen molar-refractivity contribution in [1.29, 1.82) is 0 Å². The lowest BCUT2D eigenvalue weighted by molar-refractivity contribution is -0.385. The number of rotatable bonds is 11. The van der Waals surface area contributed by atoms with E-state index in [0.717, 1.165) is 10.0 Å². The van der Waals surface area contributed by atoms with Gasteiger partial charge in [0.15, 0.2) is 0 Å². The predicted octanol–water partition coefficient (Wildman–Crippen LogP) is 4.86. The second-order valence-corrected chi connectivity index (χ2v) is 9.17. The second-order valence-electron chi connectivity index (χ2n) is 8.25. The monoisotopic (exact) mass is 608 g/mol. The van der Waals surface area contributed by atoms with Gasteiger partial charge in [0.1, 0.15) is 24.3 Å². The Bertz CT molecular complexity index is 1570. The number of nitrogens with one attached hydrogen (secondary N) is 1. The van der Waals surface area contributed by atoms with Crippen LogP contribution in [0.1, 0.15) is 27.2 Å². The van der Waals surface area contributed by atoms with Crippen LogP contribution in [0, 0.1) is 20.2 Å². The van der Waals surface area contributed by atoms with Crippen molar-refractivity contribution in [3.05, 3.63) is 120 Å². The number of hydrogen-bond donors (Lipinski definition) is 1. The molecule has 0 aliphatic heterocycles. The van der Waals surface area contributed by atoms with E-state index in [4.69, 9.17) is 9.47 Å². The lowest BCUT2D eigenvalue weighted by Crippen LogP contribution is -2.19. The van der Waals surface area contributed by atoms with Crippen molar-refractivity contribution in [3.8, 4) is 11.5 Å². The van der Waals surface area contributed by atoms with Gasteiger partial charge in [-0.05, 0) is 41.5 Å². The minimum atomic E-state index is -0.836. The number of nitro groups is 2. The van der Waals surface area contributed by atoms with Crippen LogP contribution in [0.25, 0.3) is 0 Å². The molecular formula is C26H21BrN6O7. The highest BCUT2D eigenvalue weighted by atomic mass is 79.9. The molecule has 1 aromatic heterocycles. The number of nitrogens with zero attached hydrogens (tertiary/aromatic N) is 5. The van der Waals surface area contributed by atoms with Crippen molar-refractivity contribution in [2.45, 2.75) is 13.2 Å². The number of non-ortho nitro benzene ring substituents is 1. The molecule has 14 heteroatoms. The fourth-order valence-electron chi connectivity index (χ4n) is 3.57. The molecule has 0 bridgehead atoms. The molecule has 4 rings (SSSR count). The Labute approximate surface area is 235 Å². The fourth-order valence-corrected chi connectivity index (χ4v) is 3.83. The average molecular weight is 609 g/mol. The molecule has 0 unspecified atom stereocenters. The van der Waals surface area contributed by atoms with Crippen LogP contribution >= 0.6 is 15.9 Å². The number of carbonyl (C=O) groups excluding carboxylic acids is 1. The summed E-state index contributed by atoms with van der Waals surface area (Å²) >= 11 is 3.35. The van der Waals surface area contributed by atoms with Gasteiger partial charge in [0.05, 0.1) is 29.7 Å². The first-order valence-corrected chi connectivity index (χ1v) is 12.4. The number of hydrogen-bond acceptors (Lipinski definition) is 9. The Kier molecular flexibility index (Phi) is 8.81. The molecular weight excluding hydrogens is 588 g/mol. The molecule has 0 spiro atoms. The molecule has 1 N–H and O–H groups in total. The largest absolute Gasteiger partial charge is 0.496 e. The van der Waals surface area contributed by atoms with Gasteiger partial charge in [-0.1, -0.05) is 40.2 Å². The third-order valence-electron chi connectivity index (χ3n) is 5.54. The fraction of sp³-hybridized carbons (Fsp3) is 0.115. The van der Waals surface area contributed by atoms with Crippen molar-refractivity contribution in [3.63, 3.8) is 0 Å². The molecule has 1 amide bonds. The molecule has 0 atom stereocenters. The molecule has 13 nitrogen and oxygen atoms in total. The Balaban J connectivity index is 1.40. The molecule has 204 valence electrons. The molecule has 0 radical (unpaired) electrons. The SMILES string of the molecule is COc1cc(C=NNC(=O)c2nn(Cc3ccc(Br)cc3)cc2[N+](=O)[O-])ccc1COc1ccc([N+](=O)[O-])cc1. The summed E-state index contributed by atoms with van der Waals surface area (Å²) in [6.07, 6.45) is 2.55. The van der Waals surface area contributed by atoms with Crippen molar-refractivity contribution in [2.75, 3.05) is 7.11 Å². The van der Waals surface area contributed by atoms with Crippen molar-refractivity contribution >= 4 is 39.4 Å². The second kappa shape index (κ2) is 12.6. The first kappa shape index (κ1) is 27.9. The summed E-state index contributed by atoms with van der Waals surface area (Å²) in [6, 6.07) is 18.2. The highest BCUT2D eigenvalue weighted by Crippen LogP contribution is 2.24. The number of aromatic nitrogens is 2. The van der Waals surface area contributed by atoms with Gasteiger partial charge in [0.25, 0.3) is 11.6 Å². The minimum absolute atomic E-state index is 0.0377. The van der Waals surface area contributed by atoms with Gasteiger partial charge in [-0.25, -0.2) is 5.43 Å². The Morgan fingerprint density at radius 1 is 1.07 bits per heavy atom. The first-order chi connectivity index (χ1) is 19.2. The van der Waals surface area contributed by atoms with Crippen LogP contribution in [-0.4, -0.2) is 38.9 Å². The van der Waals surface area contributed by atoms with Gasteiger partial charge in [-0.2, -0.15) is 10.2 Å². The summed E-state index contributed by atoms with van der Waals surface area (Å²) in [7, 11) is 1.48. The highest BCUT2D eigenvalue weighted by Gasteiger charge is 2.25. The normalized spacial score (nSPS) is 10.8. The maximum absolute atomic E-state index is 12.6. The maximum Gasteiger partial charge on any atom is 0.320 e. The number of ether oxygens (including phenoxy) is 2. The van der Waals surface area contributed by atoms with Crippen molar-refractivity contribution < 1.29 is 24.1 Å². The number of amides is 1. The van der Waals surface area contributed by atoms with Gasteiger partial charge < -0.3 is 9.47 Å². The number of nitro benzene ring substituents is 1. The molecule has 40 heavy (non-hydrogen) atoms. The number of methoxy groups -OCH3 is 1. The first-order valence-electron chi connectivity index (χ1n) is 11.6. The van der Waals surface area contributed by atoms with E-state index < -0.39 is 21.4 Å². The quantitative estimate of drug-likeness (QED) is 0.143. The van der Waals surface area contributed by atoms with Gasteiger partial charge in [0, 0.05) is 22.2 Å². The molecule has 1 heterocycles. The molecule has 0 saturated heterocycles. The highest BCUT2D eigenvalue weighted by molar-refractivity contribution is 9.10. The predicted molar refractivity (Wildman–Crippen MR) is 148 cm³/mol. The van der Waals surface area contributed by atoms with Crippen LogP contribution in [0.2, 0.25) is 0 Å².